The van der Waals surface area contributed by atoms with Gasteiger partial charge >= 0.3 is 13.9 Å². The third-order valence-corrected chi connectivity index (χ3v) is 24.7. The number of primary amides is 6. The zero-order valence-electron chi connectivity index (χ0n) is 63.1. The standard InChI is InChI=1S/C73H112N17O15P/c1-39-30-49-50(31-40(39)2)90(38-84-49)67-62(98)63(51(103-67)37-102-68(99)89-28-13-24-81-26-25-80-22-12-23-82-27-29-89)105-106(100,101)104-41(3)36-83-59(97)20-21-70(8)47(32-56(77)94)66-73(11)72(10,35-58(79)96)46(16-19-55(76)93)61(88-73)43(5)65-71(9,34-57(78)95)44(14-17-53(74)91)48(85-65)33-52-69(6,7)45(15-18-54(75)92)60(86-52)42(4)64(70)87-66/h30-31,33,38,41,44-47,51,62-63,66-67,80-82,85,98H,12-29,32,34-37H2,1-11H3,(H2,74,91)(H2,75,92)(H2,76,93)(H2,77,94)(H2,78,95)(H2,79,96)(H,83,97)(H,100,101)/b48-33-,60-42-,65-43-/t41-,44-,45-,46-,47+,51-,62-,63-,66-,67+,70-,71+,72+,73+/m1/s1. The second-order valence-corrected chi connectivity index (χ2v) is 32.8. The van der Waals surface area contributed by atoms with Crippen molar-refractivity contribution < 1.29 is 71.4 Å². The van der Waals surface area contributed by atoms with E-state index in [1.807, 2.05) is 87.4 Å². The minimum Gasteiger partial charge on any atom is -0.447 e. The number of carbonyl (C=O) groups excluding carboxylic acids is 8. The van der Waals surface area contributed by atoms with Gasteiger partial charge in [0.15, 0.2) is 6.23 Å². The predicted octanol–water partition coefficient (Wildman–Crippen LogP) is 3.17. The second kappa shape index (κ2) is 33.4. The molecule has 8 amide bonds. The third kappa shape index (κ3) is 17.7. The van der Waals surface area contributed by atoms with Crippen LogP contribution in [-0.2, 0) is 56.6 Å². The number of phosphoric ester groups is 1. The van der Waals surface area contributed by atoms with Gasteiger partial charge in [0.25, 0.3) is 0 Å². The number of aromatic nitrogens is 2. The maximum Gasteiger partial charge on any atom is 0.472 e. The van der Waals surface area contributed by atoms with Gasteiger partial charge in [0.2, 0.25) is 41.4 Å². The molecule has 32 nitrogen and oxygen atoms in total. The van der Waals surface area contributed by atoms with Gasteiger partial charge in [0, 0.05) is 164 Å². The Kier molecular flexibility index (Phi) is 25.9. The number of fused-ring (bicyclic) bond motifs is 7. The van der Waals surface area contributed by atoms with Crippen molar-refractivity contribution in [2.45, 2.75) is 202 Å². The number of nitrogens with one attached hydrogen (secondary N) is 5. The minimum absolute atomic E-state index is 0.0320. The summed E-state index contributed by atoms with van der Waals surface area (Å²) in [5.41, 5.74) is 37.4. The predicted molar refractivity (Wildman–Crippen MR) is 397 cm³/mol. The SMILES string of the molecule is C/C1=C2N=C(/C=C3\N/C(=C(/C)C4=N[C@@](C)([C@@H]5N=C1[C@](C)(CCC(=O)NC[C@@H](C)OP(=O)(O)O[C@H]1[C@@H](O)[C@@H](n6cnc7cc(C)c(C)cc76)O[C@@H]1COC(=O)N1CCCNCCNCCCNCC1)[C@H]5CC(N)=O)[C@@](C)(CC(N)=O)[C@@H]4CCC(N)=O)[C@@](C)(CC(N)=O)[C@@H]3CCC(N)=O)C(C)(C)[C@@H]/2CCC(N)=O. The van der Waals surface area contributed by atoms with Crippen LogP contribution in [0.4, 0.5) is 4.79 Å². The Labute approximate surface area is 619 Å². The molecule has 15 atom stereocenters. The molecular formula is C73H112N17O15P. The van der Waals surface area contributed by atoms with Crippen molar-refractivity contribution in [3.8, 4) is 0 Å². The summed E-state index contributed by atoms with van der Waals surface area (Å²) in [6.45, 7) is 24.5. The van der Waals surface area contributed by atoms with E-state index in [0.29, 0.717) is 89.0 Å². The molecule has 8 heterocycles. The number of carbonyl (C=O) groups is 8. The molecule has 1 aromatic heterocycles. The normalized spacial score (nSPS) is 32.6. The van der Waals surface area contributed by atoms with Crippen LogP contribution in [-0.4, -0.2) is 191 Å². The molecule has 0 spiro atoms. The molecule has 7 aliphatic heterocycles. The van der Waals surface area contributed by atoms with Crippen LogP contribution >= 0.6 is 7.82 Å². The van der Waals surface area contributed by atoms with Crippen LogP contribution < -0.4 is 61.0 Å². The van der Waals surface area contributed by atoms with Crippen LogP contribution in [0.2, 0.25) is 0 Å². The highest BCUT2D eigenvalue weighted by molar-refractivity contribution is 7.47. The topological polar surface area (TPSA) is 505 Å². The molecule has 8 bridgehead atoms. The van der Waals surface area contributed by atoms with E-state index in [-0.39, 0.29) is 77.2 Å². The van der Waals surface area contributed by atoms with E-state index in [2.05, 4.69) is 31.6 Å². The number of nitrogens with zero attached hydrogens (tertiary/aromatic N) is 6. The fourth-order valence-electron chi connectivity index (χ4n) is 17.5. The van der Waals surface area contributed by atoms with Crippen LogP contribution in [0, 0.1) is 59.2 Å². The lowest BCUT2D eigenvalue weighted by molar-refractivity contribution is -0.124. The number of phosphoric acid groups is 1. The maximum atomic E-state index is 14.7. The smallest absolute Gasteiger partial charge is 0.447 e. The number of aliphatic hydroxyl groups is 1. The Morgan fingerprint density at radius 3 is 1.99 bits per heavy atom. The summed E-state index contributed by atoms with van der Waals surface area (Å²) in [5, 5.41) is 28.8. The quantitative estimate of drug-likeness (QED) is 0.0571. The maximum absolute atomic E-state index is 14.7. The Balaban J connectivity index is 1.04. The van der Waals surface area contributed by atoms with Gasteiger partial charge in [0.05, 0.1) is 35.0 Å². The van der Waals surface area contributed by atoms with E-state index in [1.54, 1.807) is 9.47 Å². The summed E-state index contributed by atoms with van der Waals surface area (Å²) in [5.74, 6) is -7.30. The second-order valence-electron chi connectivity index (χ2n) is 31.4. The summed E-state index contributed by atoms with van der Waals surface area (Å²) in [4.78, 5) is 143. The minimum atomic E-state index is -5.22. The molecule has 33 heteroatoms. The first-order valence-corrected chi connectivity index (χ1v) is 38.4. The number of benzene rings is 1. The Bertz CT molecular complexity index is 3970. The van der Waals surface area contributed by atoms with E-state index < -0.39 is 149 Å². The molecule has 2 aromatic rings. The fourth-order valence-corrected chi connectivity index (χ4v) is 18.6. The van der Waals surface area contributed by atoms with Crippen LogP contribution in [0.1, 0.15) is 163 Å². The van der Waals surface area contributed by atoms with Gasteiger partial charge in [-0.15, -0.1) is 0 Å². The van der Waals surface area contributed by atoms with Crippen LogP contribution in [0.15, 0.2) is 67.8 Å². The fraction of sp³-hybridized carbons (Fsp3) is 0.671. The number of aliphatic imine (C=N–C) groups is 3. The monoisotopic (exact) mass is 1500 g/mol. The zero-order valence-corrected chi connectivity index (χ0v) is 64.0. The van der Waals surface area contributed by atoms with E-state index in [1.165, 1.54) is 13.3 Å². The number of allylic oxidation sites excluding steroid dienone is 6. The van der Waals surface area contributed by atoms with Gasteiger partial charge in [-0.1, -0.05) is 34.6 Å². The highest BCUT2D eigenvalue weighted by Gasteiger charge is 2.66. The van der Waals surface area contributed by atoms with E-state index >= 15 is 0 Å². The highest BCUT2D eigenvalue weighted by atomic mass is 31.2. The number of rotatable bonds is 27. The molecule has 0 radical (unpaired) electrons. The van der Waals surface area contributed by atoms with Crippen molar-refractivity contribution in [1.82, 2.24) is 41.0 Å². The lowest BCUT2D eigenvalue weighted by atomic mass is 9.55. The van der Waals surface area contributed by atoms with Gasteiger partial charge in [-0.25, -0.2) is 14.3 Å². The number of hydrogen-bond acceptors (Lipinski definition) is 22. The Hall–Kier alpha value is -7.81. The zero-order chi connectivity index (χ0) is 77.8. The Morgan fingerprint density at radius 2 is 1.36 bits per heavy atom. The van der Waals surface area contributed by atoms with Gasteiger partial charge in [-0.3, -0.25) is 57.6 Å². The molecule has 106 heavy (non-hydrogen) atoms. The number of hydrogen-bond donors (Lipinski definition) is 13. The summed E-state index contributed by atoms with van der Waals surface area (Å²) in [7, 11) is -5.22. The van der Waals surface area contributed by atoms with Crippen molar-refractivity contribution in [3.05, 3.63) is 63.9 Å². The summed E-state index contributed by atoms with van der Waals surface area (Å²) in [6.07, 6.45) is -3.89. The molecule has 584 valence electrons. The summed E-state index contributed by atoms with van der Waals surface area (Å²) in [6, 6.07) is 2.70. The first-order valence-electron chi connectivity index (χ1n) is 36.9. The molecule has 1 aromatic carbocycles. The number of nitrogens with two attached hydrogens (primary N) is 6. The molecule has 0 saturated carbocycles. The molecule has 9 rings (SSSR count). The lowest BCUT2D eigenvalue weighted by Crippen LogP contribution is -2.56. The van der Waals surface area contributed by atoms with Gasteiger partial charge in [-0.05, 0) is 140 Å². The first-order chi connectivity index (χ1) is 49.8. The van der Waals surface area contributed by atoms with Crippen LogP contribution in [0.5, 0.6) is 0 Å². The number of ether oxygens (including phenoxy) is 2. The molecule has 7 aliphatic rings. The van der Waals surface area contributed by atoms with Gasteiger partial charge < -0.3 is 89.9 Å². The van der Waals surface area contributed by atoms with Crippen molar-refractivity contribution in [1.29, 1.82) is 0 Å². The average Bonchev–Trinajstić information content (AvgIpc) is 1.52. The van der Waals surface area contributed by atoms with Crippen molar-refractivity contribution >= 4 is 83.4 Å². The number of imidazole rings is 1. The summed E-state index contributed by atoms with van der Waals surface area (Å²) >= 11 is 0. The van der Waals surface area contributed by atoms with Crippen molar-refractivity contribution in [2.75, 3.05) is 65.5 Å². The van der Waals surface area contributed by atoms with Gasteiger partial charge in [-0.2, -0.15) is 0 Å². The van der Waals surface area contributed by atoms with E-state index in [0.717, 1.165) is 43.7 Å². The highest BCUT2D eigenvalue weighted by Crippen LogP contribution is 2.63. The number of aryl methyl sites for hydroxylation is 2. The molecular weight excluding hydrogens is 1390 g/mol. The van der Waals surface area contributed by atoms with Crippen molar-refractivity contribution in [3.63, 3.8) is 0 Å². The molecule has 3 fully saturated rings. The van der Waals surface area contributed by atoms with Gasteiger partial charge in [0.1, 0.15) is 24.9 Å². The molecule has 19 N–H and O–H groups in total. The van der Waals surface area contributed by atoms with E-state index in [4.69, 9.17) is 67.9 Å². The number of amides is 8. The first kappa shape index (κ1) is 82.3. The average molecular weight is 1500 g/mol. The largest absolute Gasteiger partial charge is 0.472 e. The molecule has 0 aliphatic carbocycles. The summed E-state index contributed by atoms with van der Waals surface area (Å²) < 4.78 is 39.8. The lowest BCUT2D eigenvalue weighted by Gasteiger charge is -2.48. The van der Waals surface area contributed by atoms with Crippen LogP contribution in [0.3, 0.4) is 0 Å². The molecule has 3 saturated heterocycles. The van der Waals surface area contributed by atoms with E-state index in [9.17, 15) is 52.9 Å². The van der Waals surface area contributed by atoms with Crippen LogP contribution in [0.25, 0.3) is 11.0 Å². The number of aliphatic hydroxyl groups excluding tert-OH is 1. The van der Waals surface area contributed by atoms with Crippen molar-refractivity contribution in [2.24, 2.45) is 94.7 Å². The molecule has 1 unspecified atom stereocenters. The Morgan fingerprint density at radius 1 is 0.745 bits per heavy atom. The third-order valence-electron chi connectivity index (χ3n) is 23.6.